The first-order valence-electron chi connectivity index (χ1n) is 15.9. The van der Waals surface area contributed by atoms with E-state index >= 15 is 0 Å². The Balaban J connectivity index is 2.14. The van der Waals surface area contributed by atoms with Crippen molar-refractivity contribution in [3.8, 4) is 0 Å². The zero-order valence-corrected chi connectivity index (χ0v) is 27.0. The third-order valence-electron chi connectivity index (χ3n) is 7.50. The van der Waals surface area contributed by atoms with Gasteiger partial charge in [0.15, 0.2) is 0 Å². The standard InChI is InChI=1S/C32H47N7O8/c1-3-4-5-6-7-8-9-14-27(41)36-19-28(42)37-23(15-20-18-35-22-13-11-10-12-21(20)22)31(46)38-24(16-26(33)40)32(47)39-25(17-29(43)44)30(45)34-2/h10-13,18,23-25,35H,3-9,14-17,19H2,1-2H3,(H2,33,40)(H,34,45)(H,36,41)(H,37,42)(H,38,46)(H,39,47)(H,43,44). The first-order valence-corrected chi connectivity index (χ1v) is 15.9. The molecule has 6 amide bonds. The molecule has 2 rings (SSSR count). The molecule has 3 unspecified atom stereocenters. The number of para-hydroxylation sites is 1. The second-order valence-electron chi connectivity index (χ2n) is 11.3. The molecule has 9 N–H and O–H groups in total. The Kier molecular flexibility index (Phi) is 16.5. The van der Waals surface area contributed by atoms with Crippen LogP contribution in [0.3, 0.4) is 0 Å². The average molecular weight is 658 g/mol. The molecule has 0 aliphatic carbocycles. The summed E-state index contributed by atoms with van der Waals surface area (Å²) in [5.74, 6) is -5.96. The fourth-order valence-corrected chi connectivity index (χ4v) is 5.00. The van der Waals surface area contributed by atoms with E-state index in [1.165, 1.54) is 19.9 Å². The monoisotopic (exact) mass is 657 g/mol. The van der Waals surface area contributed by atoms with Crippen LogP contribution in [0.1, 0.15) is 76.7 Å². The molecule has 1 heterocycles. The minimum atomic E-state index is -1.59. The van der Waals surface area contributed by atoms with Crippen molar-refractivity contribution in [2.24, 2.45) is 5.73 Å². The number of nitrogens with one attached hydrogen (secondary N) is 6. The number of aromatic nitrogens is 1. The maximum atomic E-state index is 13.6. The molecule has 0 spiro atoms. The molecule has 0 saturated heterocycles. The Morgan fingerprint density at radius 1 is 0.787 bits per heavy atom. The predicted octanol–water partition coefficient (Wildman–Crippen LogP) is 0.518. The van der Waals surface area contributed by atoms with E-state index in [1.807, 2.05) is 18.2 Å². The maximum absolute atomic E-state index is 13.6. The van der Waals surface area contributed by atoms with Gasteiger partial charge in [-0.3, -0.25) is 33.6 Å². The van der Waals surface area contributed by atoms with Gasteiger partial charge in [-0.05, 0) is 18.1 Å². The van der Waals surface area contributed by atoms with E-state index in [0.29, 0.717) is 12.0 Å². The van der Waals surface area contributed by atoms with Crippen LogP contribution in [0, 0.1) is 0 Å². The molecular formula is C32H47N7O8. The Labute approximate surface area is 273 Å². The van der Waals surface area contributed by atoms with Gasteiger partial charge in [0.2, 0.25) is 35.4 Å². The minimum absolute atomic E-state index is 0.0294. The lowest BCUT2D eigenvalue weighted by Gasteiger charge is -2.24. The number of H-pyrrole nitrogens is 1. The number of carboxylic acid groups (broad SMARTS) is 1. The largest absolute Gasteiger partial charge is 0.481 e. The molecule has 0 aliphatic rings. The fraction of sp³-hybridized carbons (Fsp3) is 0.531. The number of carboxylic acids is 1. The average Bonchev–Trinajstić information content (AvgIpc) is 3.44. The molecule has 0 aliphatic heterocycles. The summed E-state index contributed by atoms with van der Waals surface area (Å²) in [6.45, 7) is 1.76. The number of aromatic amines is 1. The number of unbranched alkanes of at least 4 members (excludes halogenated alkanes) is 6. The lowest BCUT2D eigenvalue weighted by Crippen LogP contribution is -2.58. The highest BCUT2D eigenvalue weighted by molar-refractivity contribution is 5.97. The van der Waals surface area contributed by atoms with Crippen molar-refractivity contribution in [1.82, 2.24) is 31.6 Å². The van der Waals surface area contributed by atoms with E-state index in [1.54, 1.807) is 12.3 Å². The number of carbonyl (C=O) groups is 7. The van der Waals surface area contributed by atoms with Crippen LogP contribution in [0.4, 0.5) is 0 Å². The van der Waals surface area contributed by atoms with Crippen molar-refractivity contribution in [2.75, 3.05) is 13.6 Å². The molecule has 15 heteroatoms. The summed E-state index contributed by atoms with van der Waals surface area (Å²) in [5, 5.41) is 22.0. The lowest BCUT2D eigenvalue weighted by atomic mass is 10.0. The summed E-state index contributed by atoms with van der Waals surface area (Å²) >= 11 is 0. The van der Waals surface area contributed by atoms with Crippen LogP contribution in [0.5, 0.6) is 0 Å². The van der Waals surface area contributed by atoms with Crippen LogP contribution in [0.15, 0.2) is 30.5 Å². The molecule has 0 bridgehead atoms. The smallest absolute Gasteiger partial charge is 0.305 e. The summed E-state index contributed by atoms with van der Waals surface area (Å²) in [6, 6.07) is 2.94. The van der Waals surface area contributed by atoms with Crippen LogP contribution < -0.4 is 32.3 Å². The summed E-state index contributed by atoms with van der Waals surface area (Å²) < 4.78 is 0. The molecule has 0 saturated carbocycles. The van der Waals surface area contributed by atoms with Crippen LogP contribution in [0.25, 0.3) is 10.9 Å². The van der Waals surface area contributed by atoms with Crippen LogP contribution >= 0.6 is 0 Å². The predicted molar refractivity (Wildman–Crippen MR) is 174 cm³/mol. The molecule has 258 valence electrons. The summed E-state index contributed by atoms with van der Waals surface area (Å²) in [6.07, 6.45) is 7.78. The van der Waals surface area contributed by atoms with Gasteiger partial charge in [0.05, 0.1) is 19.4 Å². The van der Waals surface area contributed by atoms with E-state index in [4.69, 9.17) is 10.8 Å². The van der Waals surface area contributed by atoms with E-state index < -0.39 is 66.5 Å². The highest BCUT2D eigenvalue weighted by Gasteiger charge is 2.31. The van der Waals surface area contributed by atoms with Crippen molar-refractivity contribution < 1.29 is 38.7 Å². The number of aliphatic carboxylic acids is 1. The molecule has 47 heavy (non-hydrogen) atoms. The molecule has 2 aromatic rings. The quantitative estimate of drug-likeness (QED) is 0.0828. The maximum Gasteiger partial charge on any atom is 0.305 e. The lowest BCUT2D eigenvalue weighted by molar-refractivity contribution is -0.141. The molecular weight excluding hydrogens is 610 g/mol. The number of carbonyl (C=O) groups excluding carboxylic acids is 6. The van der Waals surface area contributed by atoms with E-state index in [2.05, 4.69) is 38.5 Å². The Hall–Kier alpha value is -4.95. The van der Waals surface area contributed by atoms with E-state index in [-0.39, 0.29) is 25.3 Å². The first kappa shape index (κ1) is 38.2. The highest BCUT2D eigenvalue weighted by atomic mass is 16.4. The molecule has 1 aromatic carbocycles. The van der Waals surface area contributed by atoms with Crippen molar-refractivity contribution >= 4 is 52.3 Å². The third-order valence-corrected chi connectivity index (χ3v) is 7.50. The van der Waals surface area contributed by atoms with Gasteiger partial charge >= 0.3 is 5.97 Å². The number of fused-ring (bicyclic) bond motifs is 1. The number of amides is 6. The van der Waals surface area contributed by atoms with Crippen LogP contribution in [-0.4, -0.2) is 83.2 Å². The Bertz CT molecular complexity index is 1390. The summed E-state index contributed by atoms with van der Waals surface area (Å²) in [7, 11) is 1.25. The van der Waals surface area contributed by atoms with Gasteiger partial charge in [-0.2, -0.15) is 0 Å². The number of rotatable bonds is 22. The minimum Gasteiger partial charge on any atom is -0.481 e. The molecule has 3 atom stereocenters. The van der Waals surface area contributed by atoms with Crippen molar-refractivity contribution in [1.29, 1.82) is 0 Å². The van der Waals surface area contributed by atoms with Crippen molar-refractivity contribution in [3.05, 3.63) is 36.0 Å². The molecule has 1 aromatic heterocycles. The van der Waals surface area contributed by atoms with Gasteiger partial charge in [-0.15, -0.1) is 0 Å². The van der Waals surface area contributed by atoms with Gasteiger partial charge in [-0.1, -0.05) is 63.6 Å². The second-order valence-corrected chi connectivity index (χ2v) is 11.3. The number of hydrogen-bond donors (Lipinski definition) is 8. The number of primary amides is 1. The van der Waals surface area contributed by atoms with Crippen LogP contribution in [0.2, 0.25) is 0 Å². The van der Waals surface area contributed by atoms with Crippen molar-refractivity contribution in [2.45, 2.75) is 95.7 Å². The SMILES string of the molecule is CCCCCCCCCC(=O)NCC(=O)NC(Cc1c[nH]c2ccccc12)C(=O)NC(CC(N)=O)C(=O)NC(CC(=O)O)C(=O)NC. The van der Waals surface area contributed by atoms with Crippen molar-refractivity contribution in [3.63, 3.8) is 0 Å². The van der Waals surface area contributed by atoms with Gasteiger partial charge in [0.25, 0.3) is 0 Å². The fourth-order valence-electron chi connectivity index (χ4n) is 5.00. The second kappa shape index (κ2) is 20.2. The van der Waals surface area contributed by atoms with Gasteiger partial charge in [0, 0.05) is 37.0 Å². The molecule has 15 nitrogen and oxygen atoms in total. The van der Waals surface area contributed by atoms with Gasteiger partial charge < -0.3 is 42.4 Å². The van der Waals surface area contributed by atoms with Crippen LogP contribution in [-0.2, 0) is 40.0 Å². The first-order chi connectivity index (χ1) is 22.4. The van der Waals surface area contributed by atoms with Gasteiger partial charge in [-0.25, -0.2) is 0 Å². The zero-order chi connectivity index (χ0) is 34.8. The number of nitrogens with two attached hydrogens (primary N) is 1. The summed E-state index contributed by atoms with van der Waals surface area (Å²) in [5.41, 5.74) is 6.77. The van der Waals surface area contributed by atoms with E-state index in [9.17, 15) is 33.6 Å². The molecule has 0 fully saturated rings. The normalized spacial score (nSPS) is 12.7. The van der Waals surface area contributed by atoms with Gasteiger partial charge in [0.1, 0.15) is 18.1 Å². The molecule has 0 radical (unpaired) electrons. The topological polar surface area (TPSA) is 242 Å². The number of likely N-dealkylation sites (N-methyl/N-ethyl adjacent to an activating group) is 1. The third kappa shape index (κ3) is 13.9. The summed E-state index contributed by atoms with van der Waals surface area (Å²) in [4.78, 5) is 90.2. The van der Waals surface area contributed by atoms with E-state index in [0.717, 1.165) is 36.6 Å². The number of hydrogen-bond acceptors (Lipinski definition) is 7. The zero-order valence-electron chi connectivity index (χ0n) is 27.0. The highest BCUT2D eigenvalue weighted by Crippen LogP contribution is 2.19. The Morgan fingerprint density at radius 2 is 1.40 bits per heavy atom. The Morgan fingerprint density at radius 3 is 2.04 bits per heavy atom. The number of benzene rings is 1.